The number of rotatable bonds is 2. The van der Waals surface area contributed by atoms with Crippen LogP contribution in [0.2, 0.25) is 0 Å². The Morgan fingerprint density at radius 3 is 2.70 bits per heavy atom. The van der Waals surface area contributed by atoms with E-state index in [-0.39, 0.29) is 5.91 Å². The van der Waals surface area contributed by atoms with Crippen molar-refractivity contribution in [3.8, 4) is 0 Å². The van der Waals surface area contributed by atoms with Gasteiger partial charge in [-0.3, -0.25) is 9.69 Å². The summed E-state index contributed by atoms with van der Waals surface area (Å²) < 4.78 is 10.8. The lowest BCUT2D eigenvalue weighted by atomic mass is 10.2. The van der Waals surface area contributed by atoms with Gasteiger partial charge in [-0.25, -0.2) is 4.98 Å². The molecule has 1 atom stereocenters. The highest BCUT2D eigenvalue weighted by molar-refractivity contribution is 7.13. The monoisotopic (exact) mass is 337 g/mol. The first-order valence-electron chi connectivity index (χ1n) is 8.48. The van der Waals surface area contributed by atoms with Crippen molar-refractivity contribution in [1.82, 2.24) is 14.8 Å². The molecule has 3 aliphatic heterocycles. The van der Waals surface area contributed by atoms with Crippen LogP contribution >= 0.6 is 11.3 Å². The second kappa shape index (κ2) is 6.84. The van der Waals surface area contributed by atoms with Crippen LogP contribution in [-0.4, -0.2) is 79.3 Å². The van der Waals surface area contributed by atoms with Crippen molar-refractivity contribution < 1.29 is 14.3 Å². The van der Waals surface area contributed by atoms with Crippen LogP contribution in [0.4, 0.5) is 0 Å². The van der Waals surface area contributed by atoms with E-state index in [4.69, 9.17) is 9.47 Å². The highest BCUT2D eigenvalue weighted by atomic mass is 32.1. The molecule has 1 aromatic rings. The second-order valence-electron chi connectivity index (χ2n) is 6.35. The first-order chi connectivity index (χ1) is 11.3. The van der Waals surface area contributed by atoms with Crippen LogP contribution in [0.1, 0.15) is 26.8 Å². The number of amides is 1. The van der Waals surface area contributed by atoms with E-state index in [2.05, 4.69) is 9.88 Å². The minimum absolute atomic E-state index is 0.0763. The maximum Gasteiger partial charge on any atom is 0.283 e. The lowest BCUT2D eigenvalue weighted by Gasteiger charge is -2.26. The van der Waals surface area contributed by atoms with Gasteiger partial charge in [0.2, 0.25) is 0 Å². The normalized spacial score (nSPS) is 26.1. The zero-order valence-electron chi connectivity index (χ0n) is 13.3. The summed E-state index contributed by atoms with van der Waals surface area (Å²) in [7, 11) is 0. The summed E-state index contributed by atoms with van der Waals surface area (Å²) in [6.45, 7) is 6.45. The van der Waals surface area contributed by atoms with Gasteiger partial charge >= 0.3 is 0 Å². The van der Waals surface area contributed by atoms with E-state index >= 15 is 0 Å². The van der Waals surface area contributed by atoms with Gasteiger partial charge in [0.05, 0.1) is 25.5 Å². The summed E-state index contributed by atoms with van der Waals surface area (Å²) in [5.41, 5.74) is 1.13. The van der Waals surface area contributed by atoms with Crippen molar-refractivity contribution in [3.05, 3.63) is 15.6 Å². The minimum atomic E-state index is 0.0763. The molecule has 2 saturated heterocycles. The highest BCUT2D eigenvalue weighted by Gasteiger charge is 2.28. The number of carbonyl (C=O) groups excluding carboxylic acids is 1. The van der Waals surface area contributed by atoms with E-state index in [1.807, 2.05) is 4.90 Å². The number of carbonyl (C=O) groups is 1. The molecule has 0 aromatic carbocycles. The molecule has 23 heavy (non-hydrogen) atoms. The first kappa shape index (κ1) is 15.5. The van der Waals surface area contributed by atoms with Crippen molar-refractivity contribution in [2.75, 3.05) is 52.6 Å². The van der Waals surface area contributed by atoms with Gasteiger partial charge < -0.3 is 14.4 Å². The van der Waals surface area contributed by atoms with E-state index in [0.29, 0.717) is 37.4 Å². The largest absolute Gasteiger partial charge is 0.380 e. The van der Waals surface area contributed by atoms with Gasteiger partial charge in [-0.05, 0) is 12.8 Å². The molecule has 2 fully saturated rings. The van der Waals surface area contributed by atoms with Crippen molar-refractivity contribution in [2.24, 2.45) is 0 Å². The van der Waals surface area contributed by atoms with Gasteiger partial charge in [-0.2, -0.15) is 0 Å². The van der Waals surface area contributed by atoms with Crippen molar-refractivity contribution in [2.45, 2.75) is 25.3 Å². The topological polar surface area (TPSA) is 54.9 Å². The fraction of sp³-hybridized carbons (Fsp3) is 0.750. The second-order valence-corrected chi connectivity index (χ2v) is 7.43. The van der Waals surface area contributed by atoms with Gasteiger partial charge in [-0.1, -0.05) is 0 Å². The zero-order chi connectivity index (χ0) is 15.6. The Bertz CT molecular complexity index is 539. The Labute approximate surface area is 140 Å². The lowest BCUT2D eigenvalue weighted by Crippen LogP contribution is -2.40. The molecule has 1 unspecified atom stereocenters. The Kier molecular flexibility index (Phi) is 4.61. The maximum absolute atomic E-state index is 12.6. The number of aromatic nitrogens is 1. The Morgan fingerprint density at radius 2 is 1.91 bits per heavy atom. The van der Waals surface area contributed by atoms with E-state index in [0.717, 1.165) is 51.3 Å². The SMILES string of the molecule is O=C(c1nc2c(s1)CCN(C1CCOC1)CC2)N1CCOCC1. The third-order valence-electron chi connectivity index (χ3n) is 4.94. The predicted octanol–water partition coefficient (Wildman–Crippen LogP) is 0.805. The molecule has 0 radical (unpaired) electrons. The summed E-state index contributed by atoms with van der Waals surface area (Å²) in [5, 5.41) is 0.662. The molecule has 4 rings (SSSR count). The maximum atomic E-state index is 12.6. The van der Waals surface area contributed by atoms with Crippen LogP contribution < -0.4 is 0 Å². The molecule has 0 saturated carbocycles. The molecule has 3 aliphatic rings. The van der Waals surface area contributed by atoms with Crippen LogP contribution in [0, 0.1) is 0 Å². The highest BCUT2D eigenvalue weighted by Crippen LogP contribution is 2.26. The molecule has 6 nitrogen and oxygen atoms in total. The van der Waals surface area contributed by atoms with Crippen molar-refractivity contribution in [1.29, 1.82) is 0 Å². The number of thiazole rings is 1. The van der Waals surface area contributed by atoms with Gasteiger partial charge in [-0.15, -0.1) is 11.3 Å². The molecule has 1 aromatic heterocycles. The summed E-state index contributed by atoms with van der Waals surface area (Å²) >= 11 is 1.59. The quantitative estimate of drug-likeness (QED) is 0.799. The molecule has 0 N–H and O–H groups in total. The Morgan fingerprint density at radius 1 is 1.09 bits per heavy atom. The standard InChI is InChI=1S/C16H23N3O3S/c20-16(19-6-9-21-10-7-19)15-17-13-1-4-18(5-2-14(13)23-15)12-3-8-22-11-12/h12H,1-11H2. The molecule has 0 bridgehead atoms. The first-order valence-corrected chi connectivity index (χ1v) is 9.30. The summed E-state index contributed by atoms with van der Waals surface area (Å²) in [5.74, 6) is 0.0763. The predicted molar refractivity (Wildman–Crippen MR) is 87.0 cm³/mol. The number of hydrogen-bond donors (Lipinski definition) is 0. The van der Waals surface area contributed by atoms with E-state index < -0.39 is 0 Å². The number of ether oxygens (including phenoxy) is 2. The lowest BCUT2D eigenvalue weighted by molar-refractivity contribution is 0.0302. The fourth-order valence-corrected chi connectivity index (χ4v) is 4.61. The molecule has 7 heteroatoms. The van der Waals surface area contributed by atoms with Crippen LogP contribution in [0.25, 0.3) is 0 Å². The Balaban J connectivity index is 1.43. The Hall–Kier alpha value is -1.02. The average Bonchev–Trinajstić information content (AvgIpc) is 3.22. The number of fused-ring (bicyclic) bond motifs is 1. The van der Waals surface area contributed by atoms with Crippen molar-refractivity contribution in [3.63, 3.8) is 0 Å². The van der Waals surface area contributed by atoms with Crippen LogP contribution in [-0.2, 0) is 22.3 Å². The van der Waals surface area contributed by atoms with Crippen LogP contribution in [0.5, 0.6) is 0 Å². The third-order valence-corrected chi connectivity index (χ3v) is 6.09. The third kappa shape index (κ3) is 3.28. The van der Waals surface area contributed by atoms with E-state index in [9.17, 15) is 4.79 Å². The zero-order valence-corrected chi connectivity index (χ0v) is 14.1. The van der Waals surface area contributed by atoms with Crippen molar-refractivity contribution >= 4 is 17.2 Å². The van der Waals surface area contributed by atoms with Crippen LogP contribution in [0.3, 0.4) is 0 Å². The van der Waals surface area contributed by atoms with E-state index in [1.165, 1.54) is 4.88 Å². The number of nitrogens with zero attached hydrogens (tertiary/aromatic N) is 3. The van der Waals surface area contributed by atoms with Gasteiger partial charge in [0, 0.05) is 50.1 Å². The molecule has 0 aliphatic carbocycles. The number of hydrogen-bond acceptors (Lipinski definition) is 6. The molecule has 1 amide bonds. The summed E-state index contributed by atoms with van der Waals surface area (Å²) in [6.07, 6.45) is 3.08. The van der Waals surface area contributed by atoms with Gasteiger partial charge in [0.1, 0.15) is 0 Å². The summed E-state index contributed by atoms with van der Waals surface area (Å²) in [4.78, 5) is 22.9. The van der Waals surface area contributed by atoms with Gasteiger partial charge in [0.15, 0.2) is 5.01 Å². The molecular weight excluding hydrogens is 314 g/mol. The number of morpholine rings is 1. The van der Waals surface area contributed by atoms with E-state index in [1.54, 1.807) is 11.3 Å². The molecular formula is C16H23N3O3S. The smallest absolute Gasteiger partial charge is 0.283 e. The molecule has 126 valence electrons. The van der Waals surface area contributed by atoms with Crippen LogP contribution in [0.15, 0.2) is 0 Å². The molecule has 0 spiro atoms. The molecule has 4 heterocycles. The summed E-state index contributed by atoms with van der Waals surface area (Å²) in [6, 6.07) is 0.568. The minimum Gasteiger partial charge on any atom is -0.380 e. The van der Waals surface area contributed by atoms with Gasteiger partial charge in [0.25, 0.3) is 5.91 Å². The average molecular weight is 337 g/mol. The fourth-order valence-electron chi connectivity index (χ4n) is 3.55.